The molecule has 1 fully saturated rings. The molecule has 2 rings (SSSR count). The van der Waals surface area contributed by atoms with Crippen LogP contribution in [0.3, 0.4) is 0 Å². The van der Waals surface area contributed by atoms with Crippen LogP contribution < -0.4 is 5.32 Å². The number of hydrogen-bond acceptors (Lipinski definition) is 2. The van der Waals surface area contributed by atoms with E-state index in [4.69, 9.17) is 0 Å². The zero-order valence-corrected chi connectivity index (χ0v) is 17.5. The highest BCUT2D eigenvalue weighted by Crippen LogP contribution is 2.19. The van der Waals surface area contributed by atoms with E-state index in [9.17, 15) is 9.59 Å². The molecule has 1 atom stereocenters. The first kappa shape index (κ1) is 21.3. The number of hydrogen-bond donors (Lipinski definition) is 1. The van der Waals surface area contributed by atoms with Crippen LogP contribution in [0.4, 0.5) is 4.79 Å². The van der Waals surface area contributed by atoms with Crippen molar-refractivity contribution >= 4 is 11.9 Å². The number of amides is 3. The van der Waals surface area contributed by atoms with E-state index < -0.39 is 0 Å². The predicted molar refractivity (Wildman–Crippen MR) is 109 cm³/mol. The summed E-state index contributed by atoms with van der Waals surface area (Å²) >= 11 is 0. The van der Waals surface area contributed by atoms with Crippen LogP contribution in [0.5, 0.6) is 0 Å². The zero-order chi connectivity index (χ0) is 20.0. The lowest BCUT2D eigenvalue weighted by molar-refractivity contribution is -0.140. The number of rotatable bonds is 5. The molecule has 0 saturated carbocycles. The number of carbonyl (C=O) groups excluding carboxylic acids is 2. The number of nitrogens with one attached hydrogen (secondary N) is 1. The average molecular weight is 374 g/mol. The molecular formula is C22H35N3O2. The molecule has 5 heteroatoms. The number of nitrogens with zero attached hydrogens (tertiary/aromatic N) is 2. The fourth-order valence-corrected chi connectivity index (χ4v) is 3.38. The predicted octanol–water partition coefficient (Wildman–Crippen LogP) is 3.40. The van der Waals surface area contributed by atoms with Crippen LogP contribution in [0, 0.1) is 17.3 Å². The van der Waals surface area contributed by atoms with Crippen molar-refractivity contribution in [3.05, 3.63) is 35.9 Å². The fourth-order valence-electron chi connectivity index (χ4n) is 3.38. The van der Waals surface area contributed by atoms with Gasteiger partial charge in [0.25, 0.3) is 0 Å². The maximum absolute atomic E-state index is 12.6. The SMILES string of the molecule is CC(C)[C@H](CNC(=O)N1CCN(C(=O)C(C)(C)C)CC1)Cc1ccccc1. The van der Waals surface area contributed by atoms with Gasteiger partial charge in [0.05, 0.1) is 0 Å². The summed E-state index contributed by atoms with van der Waals surface area (Å²) in [6.07, 6.45) is 0.965. The summed E-state index contributed by atoms with van der Waals surface area (Å²) in [6.45, 7) is 13.3. The van der Waals surface area contributed by atoms with Crippen molar-refractivity contribution in [2.45, 2.75) is 41.0 Å². The molecule has 0 bridgehead atoms. The topological polar surface area (TPSA) is 52.7 Å². The summed E-state index contributed by atoms with van der Waals surface area (Å²) in [4.78, 5) is 28.6. The largest absolute Gasteiger partial charge is 0.339 e. The molecule has 0 aliphatic carbocycles. The molecule has 0 radical (unpaired) electrons. The summed E-state index contributed by atoms with van der Waals surface area (Å²) in [5.41, 5.74) is 0.937. The van der Waals surface area contributed by atoms with E-state index in [2.05, 4.69) is 43.4 Å². The minimum atomic E-state index is -0.369. The van der Waals surface area contributed by atoms with E-state index in [0.717, 1.165) is 6.42 Å². The van der Waals surface area contributed by atoms with Crippen LogP contribution in [-0.2, 0) is 11.2 Å². The van der Waals surface area contributed by atoms with Gasteiger partial charge in [-0.15, -0.1) is 0 Å². The summed E-state index contributed by atoms with van der Waals surface area (Å²) in [5.74, 6) is 1.05. The lowest BCUT2D eigenvalue weighted by Gasteiger charge is -2.37. The van der Waals surface area contributed by atoms with Crippen molar-refractivity contribution in [3.63, 3.8) is 0 Å². The van der Waals surface area contributed by atoms with E-state index in [1.54, 1.807) is 0 Å². The first-order valence-electron chi connectivity index (χ1n) is 10.0. The summed E-state index contributed by atoms with van der Waals surface area (Å²) in [7, 11) is 0. The van der Waals surface area contributed by atoms with Gasteiger partial charge in [0.2, 0.25) is 5.91 Å². The van der Waals surface area contributed by atoms with Gasteiger partial charge in [-0.2, -0.15) is 0 Å². The fraction of sp³-hybridized carbons (Fsp3) is 0.636. The Morgan fingerprint density at radius 3 is 2.07 bits per heavy atom. The van der Waals surface area contributed by atoms with E-state index in [1.807, 2.05) is 36.6 Å². The van der Waals surface area contributed by atoms with Gasteiger partial charge in [-0.05, 0) is 23.8 Å². The molecule has 1 N–H and O–H groups in total. The molecule has 3 amide bonds. The Hall–Kier alpha value is -2.04. The highest BCUT2D eigenvalue weighted by atomic mass is 16.2. The minimum absolute atomic E-state index is 0.0171. The van der Waals surface area contributed by atoms with Gasteiger partial charge in [-0.1, -0.05) is 65.0 Å². The Labute approximate surface area is 164 Å². The van der Waals surface area contributed by atoms with Crippen LogP contribution in [-0.4, -0.2) is 54.5 Å². The van der Waals surface area contributed by atoms with Crippen LogP contribution in [0.15, 0.2) is 30.3 Å². The highest BCUT2D eigenvalue weighted by molar-refractivity contribution is 5.82. The smallest absolute Gasteiger partial charge is 0.317 e. The molecule has 0 unspecified atom stereocenters. The summed E-state index contributed by atoms with van der Waals surface area (Å²) in [5, 5.41) is 3.11. The van der Waals surface area contributed by atoms with Gasteiger partial charge < -0.3 is 15.1 Å². The van der Waals surface area contributed by atoms with Crippen LogP contribution in [0.1, 0.15) is 40.2 Å². The van der Waals surface area contributed by atoms with Crippen LogP contribution in [0.25, 0.3) is 0 Å². The Morgan fingerprint density at radius 1 is 1.00 bits per heavy atom. The van der Waals surface area contributed by atoms with E-state index in [-0.39, 0.29) is 17.4 Å². The molecule has 27 heavy (non-hydrogen) atoms. The Kier molecular flexibility index (Phi) is 7.28. The van der Waals surface area contributed by atoms with Gasteiger partial charge in [-0.3, -0.25) is 4.79 Å². The molecule has 1 aliphatic heterocycles. The lowest BCUT2D eigenvalue weighted by Crippen LogP contribution is -2.55. The molecule has 1 saturated heterocycles. The lowest BCUT2D eigenvalue weighted by atomic mass is 9.89. The maximum atomic E-state index is 12.6. The molecule has 1 aromatic carbocycles. The minimum Gasteiger partial charge on any atom is -0.339 e. The maximum Gasteiger partial charge on any atom is 0.317 e. The molecule has 150 valence electrons. The molecule has 0 spiro atoms. The Morgan fingerprint density at radius 2 is 1.56 bits per heavy atom. The van der Waals surface area contributed by atoms with Crippen molar-refractivity contribution in [2.24, 2.45) is 17.3 Å². The third kappa shape index (κ3) is 6.26. The second-order valence-electron chi connectivity index (χ2n) is 8.91. The highest BCUT2D eigenvalue weighted by Gasteiger charge is 2.31. The number of piperazine rings is 1. The number of carbonyl (C=O) groups is 2. The van der Waals surface area contributed by atoms with E-state index in [1.165, 1.54) is 5.56 Å². The van der Waals surface area contributed by atoms with Crippen molar-refractivity contribution in [3.8, 4) is 0 Å². The molecule has 1 aliphatic rings. The van der Waals surface area contributed by atoms with Gasteiger partial charge >= 0.3 is 6.03 Å². The number of benzene rings is 1. The molecule has 1 heterocycles. The number of urea groups is 1. The van der Waals surface area contributed by atoms with Crippen molar-refractivity contribution < 1.29 is 9.59 Å². The second kappa shape index (κ2) is 9.25. The van der Waals surface area contributed by atoms with Crippen molar-refractivity contribution in [1.82, 2.24) is 15.1 Å². The van der Waals surface area contributed by atoms with Crippen molar-refractivity contribution in [2.75, 3.05) is 32.7 Å². The molecular weight excluding hydrogens is 338 g/mol. The van der Waals surface area contributed by atoms with Gasteiger partial charge in [0.15, 0.2) is 0 Å². The molecule has 5 nitrogen and oxygen atoms in total. The molecule has 1 aromatic rings. The van der Waals surface area contributed by atoms with Gasteiger partial charge in [-0.25, -0.2) is 4.79 Å². The normalized spacial score (nSPS) is 16.4. The Balaban J connectivity index is 1.82. The summed E-state index contributed by atoms with van der Waals surface area (Å²) < 4.78 is 0. The van der Waals surface area contributed by atoms with Crippen LogP contribution in [0.2, 0.25) is 0 Å². The Bertz CT molecular complexity index is 614. The average Bonchev–Trinajstić information content (AvgIpc) is 2.64. The third-order valence-corrected chi connectivity index (χ3v) is 5.29. The molecule has 0 aromatic heterocycles. The van der Waals surface area contributed by atoms with Crippen LogP contribution >= 0.6 is 0 Å². The van der Waals surface area contributed by atoms with Crippen molar-refractivity contribution in [1.29, 1.82) is 0 Å². The third-order valence-electron chi connectivity index (χ3n) is 5.29. The second-order valence-corrected chi connectivity index (χ2v) is 8.91. The first-order valence-corrected chi connectivity index (χ1v) is 10.0. The first-order chi connectivity index (χ1) is 12.7. The standard InChI is InChI=1S/C22H35N3O2/c1-17(2)19(15-18-9-7-6-8-10-18)16-23-21(27)25-13-11-24(12-14-25)20(26)22(3,4)5/h6-10,17,19H,11-16H2,1-5H3,(H,23,27)/t19-/m0/s1. The van der Waals surface area contributed by atoms with Gasteiger partial charge in [0.1, 0.15) is 0 Å². The zero-order valence-electron chi connectivity index (χ0n) is 17.5. The summed E-state index contributed by atoms with van der Waals surface area (Å²) in [6, 6.07) is 10.4. The van der Waals surface area contributed by atoms with Gasteiger partial charge in [0, 0.05) is 38.1 Å². The van der Waals surface area contributed by atoms with E-state index in [0.29, 0.717) is 44.6 Å². The monoisotopic (exact) mass is 373 g/mol. The quantitative estimate of drug-likeness (QED) is 0.860. The van der Waals surface area contributed by atoms with E-state index >= 15 is 0 Å².